The lowest BCUT2D eigenvalue weighted by molar-refractivity contribution is -0.716. The first kappa shape index (κ1) is 17.4. The number of hydrogen-bond donors (Lipinski definition) is 0. The molecule has 0 bridgehead atoms. The topological polar surface area (TPSA) is 33.8 Å². The van der Waals surface area contributed by atoms with Gasteiger partial charge in [0.1, 0.15) is 7.11 Å². The Hall–Kier alpha value is -3.40. The fraction of sp³-hybridized carbons (Fsp3) is 0.0909. The van der Waals surface area contributed by atoms with Gasteiger partial charge >= 0.3 is 0 Å². The lowest BCUT2D eigenvalue weighted by Gasteiger charge is -2.05. The molecule has 0 aromatic heterocycles. The van der Waals surface area contributed by atoms with Crippen molar-refractivity contribution in [2.24, 2.45) is 4.99 Å². The third kappa shape index (κ3) is 4.36. The SMILES string of the molecule is COC(=Nc1ccc(/C=[N+](\OC)c2ccccc2)cc1)c1ccccc1. The zero-order valence-corrected chi connectivity index (χ0v) is 14.9. The summed E-state index contributed by atoms with van der Waals surface area (Å²) in [5.41, 5.74) is 3.74. The van der Waals surface area contributed by atoms with Gasteiger partial charge in [-0.1, -0.05) is 36.4 Å². The highest BCUT2D eigenvalue weighted by atomic mass is 16.7. The molecule has 4 heteroatoms. The summed E-state index contributed by atoms with van der Waals surface area (Å²) in [6, 6.07) is 27.6. The van der Waals surface area contributed by atoms with Gasteiger partial charge in [-0.25, -0.2) is 4.99 Å². The second-order valence-electron chi connectivity index (χ2n) is 5.55. The van der Waals surface area contributed by atoms with E-state index in [0.717, 1.165) is 22.5 Å². The Labute approximate surface area is 153 Å². The maximum atomic E-state index is 5.44. The number of rotatable bonds is 5. The molecule has 0 aliphatic rings. The molecule has 4 nitrogen and oxygen atoms in total. The van der Waals surface area contributed by atoms with Gasteiger partial charge in [0.2, 0.25) is 12.1 Å². The summed E-state index contributed by atoms with van der Waals surface area (Å²) in [6.45, 7) is 0. The van der Waals surface area contributed by atoms with Gasteiger partial charge in [-0.15, -0.1) is 0 Å². The number of para-hydroxylation sites is 1. The molecule has 3 rings (SSSR count). The van der Waals surface area contributed by atoms with Crippen LogP contribution in [0.4, 0.5) is 11.4 Å². The normalized spacial score (nSPS) is 11.9. The average Bonchev–Trinajstić information content (AvgIpc) is 2.72. The molecule has 0 unspecified atom stereocenters. The lowest BCUT2D eigenvalue weighted by Crippen LogP contribution is -2.06. The number of aliphatic imine (C=N–C) groups is 1. The van der Waals surface area contributed by atoms with Gasteiger partial charge in [-0.3, -0.25) is 4.84 Å². The zero-order valence-electron chi connectivity index (χ0n) is 14.9. The van der Waals surface area contributed by atoms with Gasteiger partial charge in [-0.2, -0.15) is 0 Å². The number of methoxy groups -OCH3 is 1. The fourth-order valence-corrected chi connectivity index (χ4v) is 2.50. The van der Waals surface area contributed by atoms with Crippen molar-refractivity contribution in [3.8, 4) is 0 Å². The minimum atomic E-state index is 0.588. The van der Waals surface area contributed by atoms with E-state index in [9.17, 15) is 0 Å². The van der Waals surface area contributed by atoms with Crippen LogP contribution in [0.25, 0.3) is 0 Å². The molecule has 0 saturated heterocycles. The Kier molecular flexibility index (Phi) is 5.78. The summed E-state index contributed by atoms with van der Waals surface area (Å²) in [5, 5.41) is 0. The molecule has 0 N–H and O–H groups in total. The monoisotopic (exact) mass is 345 g/mol. The molecule has 3 aromatic rings. The molecule has 0 aliphatic carbocycles. The van der Waals surface area contributed by atoms with E-state index in [2.05, 4.69) is 4.99 Å². The molecule has 130 valence electrons. The van der Waals surface area contributed by atoms with Crippen molar-refractivity contribution in [2.45, 2.75) is 0 Å². The summed E-state index contributed by atoms with van der Waals surface area (Å²) in [7, 11) is 3.27. The summed E-state index contributed by atoms with van der Waals surface area (Å²) >= 11 is 0. The Bertz CT molecular complexity index is 810. The van der Waals surface area contributed by atoms with E-state index in [1.807, 2.05) is 91.1 Å². The van der Waals surface area contributed by atoms with Crippen molar-refractivity contribution in [3.05, 3.63) is 96.1 Å². The lowest BCUT2D eigenvalue weighted by atomic mass is 10.2. The molecular weight excluding hydrogens is 324 g/mol. The highest BCUT2D eigenvalue weighted by Crippen LogP contribution is 2.16. The van der Waals surface area contributed by atoms with Crippen LogP contribution in [-0.4, -0.2) is 31.1 Å². The van der Waals surface area contributed by atoms with Crippen LogP contribution in [-0.2, 0) is 9.57 Å². The molecule has 0 fully saturated rings. The van der Waals surface area contributed by atoms with Crippen LogP contribution in [0, 0.1) is 0 Å². The fourth-order valence-electron chi connectivity index (χ4n) is 2.50. The second-order valence-corrected chi connectivity index (χ2v) is 5.55. The van der Waals surface area contributed by atoms with Crippen LogP contribution in [0.15, 0.2) is 89.9 Å². The van der Waals surface area contributed by atoms with Crippen LogP contribution >= 0.6 is 0 Å². The first-order valence-corrected chi connectivity index (χ1v) is 8.31. The molecular formula is C22H21N2O2+. The van der Waals surface area contributed by atoms with E-state index >= 15 is 0 Å². The Morgan fingerprint density at radius 1 is 0.808 bits per heavy atom. The predicted octanol–water partition coefficient (Wildman–Crippen LogP) is 4.74. The standard InChI is InChI=1S/C22H21N2O2/c1-25-22(19-9-5-3-6-10-19)23-20-15-13-18(14-16-20)17-24(26-2)21-11-7-4-8-12-21/h3-17H,1-2H3/q+1. The van der Waals surface area contributed by atoms with E-state index in [1.54, 1.807) is 19.0 Å². The van der Waals surface area contributed by atoms with E-state index < -0.39 is 0 Å². The van der Waals surface area contributed by atoms with Gasteiger partial charge in [0.05, 0.1) is 12.8 Å². The summed E-state index contributed by atoms with van der Waals surface area (Å²) < 4.78 is 7.15. The zero-order chi connectivity index (χ0) is 18.2. The van der Waals surface area contributed by atoms with Gasteiger partial charge in [0.25, 0.3) is 5.69 Å². The van der Waals surface area contributed by atoms with E-state index in [0.29, 0.717) is 5.90 Å². The first-order chi connectivity index (χ1) is 12.8. The van der Waals surface area contributed by atoms with Crippen molar-refractivity contribution in [3.63, 3.8) is 0 Å². The summed E-state index contributed by atoms with van der Waals surface area (Å²) in [5.74, 6) is 0.588. The molecule has 0 amide bonds. The third-order valence-corrected chi connectivity index (χ3v) is 3.81. The minimum Gasteiger partial charge on any atom is -0.481 e. The second kappa shape index (κ2) is 8.62. The van der Waals surface area contributed by atoms with Crippen molar-refractivity contribution in [1.82, 2.24) is 0 Å². The Balaban J connectivity index is 1.84. The highest BCUT2D eigenvalue weighted by Gasteiger charge is 2.09. The van der Waals surface area contributed by atoms with Crippen LogP contribution in [0.1, 0.15) is 11.1 Å². The van der Waals surface area contributed by atoms with Crippen molar-refractivity contribution < 1.29 is 14.3 Å². The number of hydrogen-bond acceptors (Lipinski definition) is 3. The van der Waals surface area contributed by atoms with Crippen LogP contribution in [0.3, 0.4) is 0 Å². The minimum absolute atomic E-state index is 0.588. The Morgan fingerprint density at radius 3 is 2.00 bits per heavy atom. The molecule has 0 spiro atoms. The molecule has 0 aliphatic heterocycles. The van der Waals surface area contributed by atoms with E-state index in [4.69, 9.17) is 9.57 Å². The van der Waals surface area contributed by atoms with Gasteiger partial charge in [-0.05, 0) is 36.4 Å². The number of nitrogens with zero attached hydrogens (tertiary/aromatic N) is 2. The molecule has 0 radical (unpaired) electrons. The van der Waals surface area contributed by atoms with E-state index in [1.165, 1.54) is 0 Å². The number of ether oxygens (including phenoxy) is 1. The molecule has 0 atom stereocenters. The van der Waals surface area contributed by atoms with Gasteiger partial charge in [0, 0.05) is 28.0 Å². The first-order valence-electron chi connectivity index (χ1n) is 8.31. The average molecular weight is 345 g/mol. The van der Waals surface area contributed by atoms with Crippen LogP contribution in [0.5, 0.6) is 0 Å². The Morgan fingerprint density at radius 2 is 1.42 bits per heavy atom. The molecule has 0 saturated carbocycles. The summed E-state index contributed by atoms with van der Waals surface area (Å²) in [6.07, 6.45) is 1.93. The predicted molar refractivity (Wildman–Crippen MR) is 105 cm³/mol. The van der Waals surface area contributed by atoms with Gasteiger partial charge < -0.3 is 4.74 Å². The largest absolute Gasteiger partial charge is 0.481 e. The highest BCUT2D eigenvalue weighted by molar-refractivity contribution is 5.95. The van der Waals surface area contributed by atoms with Crippen molar-refractivity contribution in [2.75, 3.05) is 14.2 Å². The van der Waals surface area contributed by atoms with Gasteiger partial charge in [0.15, 0.2) is 0 Å². The third-order valence-electron chi connectivity index (χ3n) is 3.81. The van der Waals surface area contributed by atoms with E-state index in [-0.39, 0.29) is 0 Å². The summed E-state index contributed by atoms with van der Waals surface area (Å²) in [4.78, 5) is 10.0. The maximum absolute atomic E-state index is 5.44. The molecule has 26 heavy (non-hydrogen) atoms. The maximum Gasteiger partial charge on any atom is 0.257 e. The van der Waals surface area contributed by atoms with Crippen LogP contribution < -0.4 is 0 Å². The number of benzene rings is 3. The quantitative estimate of drug-likeness (QED) is 0.290. The molecule has 0 heterocycles. The van der Waals surface area contributed by atoms with Crippen molar-refractivity contribution >= 4 is 23.5 Å². The molecule has 3 aromatic carbocycles. The smallest absolute Gasteiger partial charge is 0.257 e. The van der Waals surface area contributed by atoms with Crippen LogP contribution in [0.2, 0.25) is 0 Å². The van der Waals surface area contributed by atoms with Crippen molar-refractivity contribution in [1.29, 1.82) is 0 Å².